The second kappa shape index (κ2) is 12.4. The van der Waals surface area contributed by atoms with Crippen LogP contribution >= 0.6 is 0 Å². The third kappa shape index (κ3) is 10.1. The molecule has 5 heteroatoms. The predicted molar refractivity (Wildman–Crippen MR) is 75.9 cm³/mol. The van der Waals surface area contributed by atoms with Crippen molar-refractivity contribution >= 4 is 6.41 Å². The first-order chi connectivity index (χ1) is 8.72. The van der Waals surface area contributed by atoms with Crippen molar-refractivity contribution in [1.29, 1.82) is 0 Å². The predicted octanol–water partition coefficient (Wildman–Crippen LogP) is 0.462. The molecule has 0 saturated carbocycles. The Bertz CT molecular complexity index is 221. The molecule has 106 valence electrons. The fourth-order valence-corrected chi connectivity index (χ4v) is 1.65. The van der Waals surface area contributed by atoms with Crippen LogP contribution in [0.25, 0.3) is 0 Å². The molecule has 0 bridgehead atoms. The molecule has 0 spiro atoms. The molecule has 5 nitrogen and oxygen atoms in total. The van der Waals surface area contributed by atoms with E-state index in [-0.39, 0.29) is 6.04 Å². The number of hydrogen-bond donors (Lipinski definition) is 4. The zero-order chi connectivity index (χ0) is 13.6. The van der Waals surface area contributed by atoms with Crippen molar-refractivity contribution in [3.05, 3.63) is 12.3 Å². The molecule has 0 aliphatic carbocycles. The summed E-state index contributed by atoms with van der Waals surface area (Å²) in [4.78, 5) is 10.0. The van der Waals surface area contributed by atoms with Gasteiger partial charge in [-0.3, -0.25) is 4.79 Å². The van der Waals surface area contributed by atoms with Gasteiger partial charge >= 0.3 is 0 Å². The summed E-state index contributed by atoms with van der Waals surface area (Å²) in [6.07, 6.45) is 6.89. The summed E-state index contributed by atoms with van der Waals surface area (Å²) in [6, 6.07) is -0.00394. The van der Waals surface area contributed by atoms with Gasteiger partial charge in [0.15, 0.2) is 0 Å². The average molecular weight is 256 g/mol. The van der Waals surface area contributed by atoms with E-state index in [4.69, 9.17) is 11.5 Å². The average Bonchev–Trinajstić information content (AvgIpc) is 2.37. The van der Waals surface area contributed by atoms with Crippen molar-refractivity contribution in [2.45, 2.75) is 44.6 Å². The summed E-state index contributed by atoms with van der Waals surface area (Å²) in [5.74, 6) is 0. The molecule has 18 heavy (non-hydrogen) atoms. The highest BCUT2D eigenvalue weighted by Crippen LogP contribution is 2.04. The Morgan fingerprint density at radius 1 is 1.17 bits per heavy atom. The molecule has 0 aliphatic rings. The molecular formula is C13H28N4O. The maximum atomic E-state index is 10.0. The van der Waals surface area contributed by atoms with Crippen molar-refractivity contribution in [1.82, 2.24) is 10.6 Å². The molecule has 6 N–H and O–H groups in total. The van der Waals surface area contributed by atoms with Crippen molar-refractivity contribution in [3.8, 4) is 0 Å². The topological polar surface area (TPSA) is 93.2 Å². The van der Waals surface area contributed by atoms with Crippen LogP contribution in [0.4, 0.5) is 0 Å². The summed E-state index contributed by atoms with van der Waals surface area (Å²) in [7, 11) is 0. The molecule has 1 unspecified atom stereocenters. The van der Waals surface area contributed by atoms with Crippen LogP contribution in [-0.4, -0.2) is 32.1 Å². The molecule has 0 aromatic rings. The van der Waals surface area contributed by atoms with Crippen LogP contribution in [0.5, 0.6) is 0 Å². The third-order valence-electron chi connectivity index (χ3n) is 2.85. The van der Waals surface area contributed by atoms with Crippen LogP contribution in [0.15, 0.2) is 12.3 Å². The number of amides is 1. The molecule has 0 aromatic heterocycles. The van der Waals surface area contributed by atoms with Crippen LogP contribution in [0, 0.1) is 0 Å². The van der Waals surface area contributed by atoms with Crippen LogP contribution in [0.3, 0.4) is 0 Å². The van der Waals surface area contributed by atoms with Gasteiger partial charge in [-0.05, 0) is 38.6 Å². The summed E-state index contributed by atoms with van der Waals surface area (Å²) >= 11 is 0. The first kappa shape index (κ1) is 16.9. The molecule has 0 saturated heterocycles. The summed E-state index contributed by atoms with van der Waals surface area (Å²) in [6.45, 7) is 6.35. The van der Waals surface area contributed by atoms with Gasteiger partial charge in [0.1, 0.15) is 0 Å². The van der Waals surface area contributed by atoms with Gasteiger partial charge in [0.25, 0.3) is 0 Å². The molecule has 0 rings (SSSR count). The number of carbonyl (C=O) groups is 1. The Balaban J connectivity index is 3.42. The van der Waals surface area contributed by atoms with Gasteiger partial charge in [0, 0.05) is 24.8 Å². The number of unbranched alkanes of at least 4 members (excludes halogenated alkanes) is 3. The van der Waals surface area contributed by atoms with Crippen LogP contribution < -0.4 is 22.1 Å². The van der Waals surface area contributed by atoms with E-state index in [0.717, 1.165) is 70.3 Å². The second-order valence-electron chi connectivity index (χ2n) is 4.48. The summed E-state index contributed by atoms with van der Waals surface area (Å²) in [5.41, 5.74) is 12.3. The zero-order valence-corrected chi connectivity index (χ0v) is 11.3. The third-order valence-corrected chi connectivity index (χ3v) is 2.85. The Kier molecular flexibility index (Phi) is 11.7. The number of nitrogens with one attached hydrogen (secondary N) is 2. The molecular weight excluding hydrogens is 228 g/mol. The van der Waals surface area contributed by atoms with E-state index >= 15 is 0 Å². The Morgan fingerprint density at radius 3 is 2.56 bits per heavy atom. The maximum Gasteiger partial charge on any atom is 0.207 e. The van der Waals surface area contributed by atoms with Gasteiger partial charge < -0.3 is 22.1 Å². The first-order valence-corrected chi connectivity index (χ1v) is 6.77. The highest BCUT2D eigenvalue weighted by Gasteiger charge is 2.05. The fraction of sp³-hybridized carbons (Fsp3) is 0.769. The Hall–Kier alpha value is -1.07. The van der Waals surface area contributed by atoms with Crippen LogP contribution in [0.2, 0.25) is 0 Å². The normalized spacial score (nSPS) is 11.9. The van der Waals surface area contributed by atoms with Crippen molar-refractivity contribution < 1.29 is 4.79 Å². The van der Waals surface area contributed by atoms with E-state index in [1.807, 2.05) is 0 Å². The van der Waals surface area contributed by atoms with Crippen molar-refractivity contribution in [2.24, 2.45) is 11.5 Å². The Morgan fingerprint density at radius 2 is 1.89 bits per heavy atom. The van der Waals surface area contributed by atoms with Gasteiger partial charge in [0.05, 0.1) is 0 Å². The van der Waals surface area contributed by atoms with Gasteiger partial charge in [-0.25, -0.2) is 0 Å². The maximum absolute atomic E-state index is 10.0. The first-order valence-electron chi connectivity index (χ1n) is 6.77. The van der Waals surface area contributed by atoms with E-state index < -0.39 is 0 Å². The number of carbonyl (C=O) groups excluding carboxylic acids is 1. The SMILES string of the molecule is C=C(NCCCCCN)C(N)CCCCNC=O. The van der Waals surface area contributed by atoms with Gasteiger partial charge in [-0.15, -0.1) is 0 Å². The molecule has 1 atom stereocenters. The molecule has 0 aliphatic heterocycles. The van der Waals surface area contributed by atoms with Crippen molar-refractivity contribution in [2.75, 3.05) is 19.6 Å². The minimum Gasteiger partial charge on any atom is -0.388 e. The lowest BCUT2D eigenvalue weighted by Gasteiger charge is -2.16. The monoisotopic (exact) mass is 256 g/mol. The van der Waals surface area contributed by atoms with Crippen molar-refractivity contribution in [3.63, 3.8) is 0 Å². The summed E-state index contributed by atoms with van der Waals surface area (Å²) < 4.78 is 0. The fourth-order valence-electron chi connectivity index (χ4n) is 1.65. The zero-order valence-electron chi connectivity index (χ0n) is 11.3. The van der Waals surface area contributed by atoms with Crippen LogP contribution in [-0.2, 0) is 4.79 Å². The molecule has 0 heterocycles. The van der Waals surface area contributed by atoms with E-state index in [1.165, 1.54) is 0 Å². The van der Waals surface area contributed by atoms with E-state index in [1.54, 1.807) is 0 Å². The highest BCUT2D eigenvalue weighted by molar-refractivity contribution is 5.45. The molecule has 0 aromatic carbocycles. The lowest BCUT2D eigenvalue weighted by atomic mass is 10.1. The van der Waals surface area contributed by atoms with E-state index in [0.29, 0.717) is 0 Å². The number of hydrogen-bond acceptors (Lipinski definition) is 4. The smallest absolute Gasteiger partial charge is 0.207 e. The van der Waals surface area contributed by atoms with E-state index in [9.17, 15) is 4.79 Å². The largest absolute Gasteiger partial charge is 0.388 e. The van der Waals surface area contributed by atoms with Gasteiger partial charge in [0.2, 0.25) is 6.41 Å². The lowest BCUT2D eigenvalue weighted by Crippen LogP contribution is -2.31. The van der Waals surface area contributed by atoms with Crippen LogP contribution in [0.1, 0.15) is 38.5 Å². The molecule has 1 amide bonds. The highest BCUT2D eigenvalue weighted by atomic mass is 16.1. The quantitative estimate of drug-likeness (QED) is 0.284. The van der Waals surface area contributed by atoms with E-state index in [2.05, 4.69) is 17.2 Å². The number of rotatable bonds is 13. The molecule has 0 fully saturated rings. The minimum absolute atomic E-state index is 0.00394. The van der Waals surface area contributed by atoms with Gasteiger partial charge in [-0.1, -0.05) is 13.0 Å². The van der Waals surface area contributed by atoms with Gasteiger partial charge in [-0.2, -0.15) is 0 Å². The standard InChI is InChI=1S/C13H28N4O/c1-12(17-10-5-2-4-8-14)13(15)7-3-6-9-16-11-18/h11,13,17H,1-10,14-15H2,(H,16,18). The lowest BCUT2D eigenvalue weighted by molar-refractivity contribution is -0.109. The summed E-state index contributed by atoms with van der Waals surface area (Å²) in [5, 5.41) is 5.90. The number of nitrogens with two attached hydrogens (primary N) is 2. The minimum atomic E-state index is -0.00394. The Labute approximate surface area is 110 Å². The molecule has 0 radical (unpaired) electrons. The second-order valence-corrected chi connectivity index (χ2v) is 4.48.